The van der Waals surface area contributed by atoms with Crippen LogP contribution in [-0.4, -0.2) is 23.8 Å². The van der Waals surface area contributed by atoms with Crippen LogP contribution in [0.1, 0.15) is 16.7 Å². The Morgan fingerprint density at radius 3 is 2.81 bits per heavy atom. The van der Waals surface area contributed by atoms with Gasteiger partial charge >= 0.3 is 0 Å². The van der Waals surface area contributed by atoms with Gasteiger partial charge in [-0.1, -0.05) is 11.8 Å². The summed E-state index contributed by atoms with van der Waals surface area (Å²) in [5.74, 6) is 6.83. The van der Waals surface area contributed by atoms with Crippen LogP contribution in [0.25, 0.3) is 0 Å². The van der Waals surface area contributed by atoms with Crippen LogP contribution in [0.3, 0.4) is 0 Å². The minimum atomic E-state index is -0.196. The Balaban J connectivity index is 2.18. The lowest BCUT2D eigenvalue weighted by molar-refractivity contribution is 0.304. The second kappa shape index (κ2) is 7.32. The first-order valence-corrected chi connectivity index (χ1v) is 6.54. The maximum Gasteiger partial charge on any atom is 0.135 e. The van der Waals surface area contributed by atoms with Gasteiger partial charge in [-0.15, -0.1) is 0 Å². The third-order valence-electron chi connectivity index (χ3n) is 2.81. The molecule has 0 saturated carbocycles. The lowest BCUT2D eigenvalue weighted by atomic mass is 10.2. The van der Waals surface area contributed by atoms with Crippen LogP contribution in [0.15, 0.2) is 36.7 Å². The normalized spacial score (nSPS) is 9.67. The molecule has 0 spiro atoms. The van der Waals surface area contributed by atoms with Gasteiger partial charge in [-0.3, -0.25) is 4.98 Å². The van der Waals surface area contributed by atoms with E-state index in [-0.39, 0.29) is 6.61 Å². The van der Waals surface area contributed by atoms with E-state index in [1.165, 1.54) is 0 Å². The SMILES string of the molecule is COc1ccc(OCc2cncc(C)c2)c(C#CCO)c1. The number of nitrogens with zero attached hydrogens (tertiary/aromatic N) is 1. The van der Waals surface area contributed by atoms with Gasteiger partial charge in [-0.25, -0.2) is 0 Å². The predicted molar refractivity (Wildman–Crippen MR) is 80.3 cm³/mol. The lowest BCUT2D eigenvalue weighted by Crippen LogP contribution is -1.99. The van der Waals surface area contributed by atoms with Crippen molar-refractivity contribution in [3.63, 3.8) is 0 Å². The van der Waals surface area contributed by atoms with Gasteiger partial charge in [0.2, 0.25) is 0 Å². The van der Waals surface area contributed by atoms with Crippen molar-refractivity contribution in [1.82, 2.24) is 4.98 Å². The molecule has 0 unspecified atom stereocenters. The van der Waals surface area contributed by atoms with E-state index in [0.717, 1.165) is 11.1 Å². The van der Waals surface area contributed by atoms with Crippen LogP contribution in [0, 0.1) is 18.8 Å². The number of rotatable bonds is 4. The summed E-state index contributed by atoms with van der Waals surface area (Å²) in [4.78, 5) is 4.13. The van der Waals surface area contributed by atoms with Gasteiger partial charge in [-0.05, 0) is 36.8 Å². The summed E-state index contributed by atoms with van der Waals surface area (Å²) in [6.07, 6.45) is 3.57. The number of methoxy groups -OCH3 is 1. The molecule has 2 aromatic rings. The molecule has 0 aliphatic heterocycles. The maximum atomic E-state index is 8.83. The van der Waals surface area contributed by atoms with E-state index >= 15 is 0 Å². The molecule has 1 heterocycles. The summed E-state index contributed by atoms with van der Waals surface area (Å²) < 4.78 is 11.0. The van der Waals surface area contributed by atoms with Crippen molar-refractivity contribution in [3.05, 3.63) is 53.3 Å². The zero-order chi connectivity index (χ0) is 15.1. The fourth-order valence-electron chi connectivity index (χ4n) is 1.85. The molecule has 0 atom stereocenters. The Hall–Kier alpha value is -2.51. The van der Waals surface area contributed by atoms with Gasteiger partial charge in [-0.2, -0.15) is 0 Å². The molecule has 21 heavy (non-hydrogen) atoms. The molecule has 0 radical (unpaired) electrons. The molecule has 0 amide bonds. The van der Waals surface area contributed by atoms with E-state index in [1.807, 2.05) is 25.1 Å². The third kappa shape index (κ3) is 4.23. The number of aromatic nitrogens is 1. The van der Waals surface area contributed by atoms with E-state index in [1.54, 1.807) is 25.6 Å². The standard InChI is InChI=1S/C17H17NO3/c1-13-8-14(11-18-10-13)12-21-17-6-5-16(20-2)9-15(17)4-3-7-19/h5-6,8-11,19H,7,12H2,1-2H3. The number of hydrogen-bond donors (Lipinski definition) is 1. The number of aryl methyl sites for hydroxylation is 1. The average molecular weight is 283 g/mol. The first kappa shape index (κ1) is 14.9. The van der Waals surface area contributed by atoms with E-state index in [0.29, 0.717) is 23.7 Å². The second-order valence-electron chi connectivity index (χ2n) is 4.48. The van der Waals surface area contributed by atoms with Crippen molar-refractivity contribution < 1.29 is 14.6 Å². The van der Waals surface area contributed by atoms with Crippen molar-refractivity contribution in [3.8, 4) is 23.3 Å². The first-order chi connectivity index (χ1) is 10.2. The Morgan fingerprint density at radius 1 is 1.24 bits per heavy atom. The Labute approximate surface area is 124 Å². The van der Waals surface area contributed by atoms with Gasteiger partial charge in [0.15, 0.2) is 0 Å². The predicted octanol–water partition coefficient (Wildman–Crippen LogP) is 2.32. The number of aliphatic hydroxyl groups excluding tert-OH is 1. The summed E-state index contributed by atoms with van der Waals surface area (Å²) in [5, 5.41) is 8.83. The summed E-state index contributed by atoms with van der Waals surface area (Å²) in [5.41, 5.74) is 2.77. The minimum absolute atomic E-state index is 0.196. The van der Waals surface area contributed by atoms with Crippen LogP contribution >= 0.6 is 0 Å². The highest BCUT2D eigenvalue weighted by atomic mass is 16.5. The van der Waals surface area contributed by atoms with E-state index < -0.39 is 0 Å². The highest BCUT2D eigenvalue weighted by Crippen LogP contribution is 2.24. The summed E-state index contributed by atoms with van der Waals surface area (Å²) in [7, 11) is 1.59. The zero-order valence-corrected chi connectivity index (χ0v) is 12.1. The molecule has 0 saturated heterocycles. The van der Waals surface area contributed by atoms with Gasteiger partial charge in [0.05, 0.1) is 12.7 Å². The van der Waals surface area contributed by atoms with Crippen LogP contribution in [0.4, 0.5) is 0 Å². The molecule has 0 aliphatic rings. The van der Waals surface area contributed by atoms with Crippen molar-refractivity contribution >= 4 is 0 Å². The Bertz CT molecular complexity index is 671. The summed E-state index contributed by atoms with van der Waals surface area (Å²) in [6, 6.07) is 7.43. The van der Waals surface area contributed by atoms with Crippen LogP contribution in [0.2, 0.25) is 0 Å². The monoisotopic (exact) mass is 283 g/mol. The van der Waals surface area contributed by atoms with Gasteiger partial charge in [0.25, 0.3) is 0 Å². The third-order valence-corrected chi connectivity index (χ3v) is 2.81. The number of benzene rings is 1. The molecule has 1 aromatic carbocycles. The molecule has 108 valence electrons. The molecule has 0 aliphatic carbocycles. The Morgan fingerprint density at radius 2 is 2.10 bits per heavy atom. The van der Waals surface area contributed by atoms with Crippen molar-refractivity contribution in [1.29, 1.82) is 0 Å². The van der Waals surface area contributed by atoms with E-state index in [2.05, 4.69) is 16.8 Å². The number of aliphatic hydroxyl groups is 1. The fourth-order valence-corrected chi connectivity index (χ4v) is 1.85. The second-order valence-corrected chi connectivity index (χ2v) is 4.48. The Kier molecular flexibility index (Phi) is 5.19. The number of hydrogen-bond acceptors (Lipinski definition) is 4. The van der Waals surface area contributed by atoms with Crippen LogP contribution < -0.4 is 9.47 Å². The molecule has 0 fully saturated rings. The summed E-state index contributed by atoms with van der Waals surface area (Å²) >= 11 is 0. The van der Waals surface area contributed by atoms with Crippen molar-refractivity contribution in [2.45, 2.75) is 13.5 Å². The topological polar surface area (TPSA) is 51.6 Å². The van der Waals surface area contributed by atoms with Crippen LogP contribution in [0.5, 0.6) is 11.5 Å². The quantitative estimate of drug-likeness (QED) is 0.875. The van der Waals surface area contributed by atoms with E-state index in [4.69, 9.17) is 14.6 Å². The van der Waals surface area contributed by atoms with E-state index in [9.17, 15) is 0 Å². The highest BCUT2D eigenvalue weighted by molar-refractivity contribution is 5.50. The van der Waals surface area contributed by atoms with Gasteiger partial charge < -0.3 is 14.6 Å². The smallest absolute Gasteiger partial charge is 0.135 e. The van der Waals surface area contributed by atoms with Crippen molar-refractivity contribution in [2.75, 3.05) is 13.7 Å². The highest BCUT2D eigenvalue weighted by Gasteiger charge is 2.05. The molecule has 1 aromatic heterocycles. The molecule has 4 heteroatoms. The lowest BCUT2D eigenvalue weighted by Gasteiger charge is -2.10. The minimum Gasteiger partial charge on any atom is -0.497 e. The average Bonchev–Trinajstić information content (AvgIpc) is 2.51. The first-order valence-electron chi connectivity index (χ1n) is 6.54. The van der Waals surface area contributed by atoms with Gasteiger partial charge in [0, 0.05) is 18.0 Å². The molecule has 2 rings (SSSR count). The molecular formula is C17H17NO3. The van der Waals surface area contributed by atoms with Gasteiger partial charge in [0.1, 0.15) is 24.7 Å². The zero-order valence-electron chi connectivity index (χ0n) is 12.1. The fraction of sp³-hybridized carbons (Fsp3) is 0.235. The molecule has 1 N–H and O–H groups in total. The van der Waals surface area contributed by atoms with Crippen LogP contribution in [-0.2, 0) is 6.61 Å². The molecule has 0 bridgehead atoms. The van der Waals surface area contributed by atoms with Crippen molar-refractivity contribution in [2.24, 2.45) is 0 Å². The molecular weight excluding hydrogens is 266 g/mol. The largest absolute Gasteiger partial charge is 0.497 e. The number of pyridine rings is 1. The summed E-state index contributed by atoms with van der Waals surface area (Å²) in [6.45, 7) is 2.20. The molecule has 4 nitrogen and oxygen atoms in total. The maximum absolute atomic E-state index is 8.83. The number of ether oxygens (including phenoxy) is 2.